The van der Waals surface area contributed by atoms with Gasteiger partial charge in [0.1, 0.15) is 0 Å². The third kappa shape index (κ3) is 3.63. The van der Waals surface area contributed by atoms with E-state index in [0.29, 0.717) is 29.2 Å². The van der Waals surface area contributed by atoms with Crippen LogP contribution in [-0.4, -0.2) is 26.0 Å². The topological polar surface area (TPSA) is 78.9 Å². The van der Waals surface area contributed by atoms with E-state index in [1.54, 1.807) is 0 Å². The van der Waals surface area contributed by atoms with E-state index in [4.69, 9.17) is 4.98 Å². The number of aliphatic carboxylic acids is 1. The average Bonchev–Trinajstić information content (AvgIpc) is 3.20. The Morgan fingerprint density at radius 3 is 2.59 bits per heavy atom. The van der Waals surface area contributed by atoms with Gasteiger partial charge in [0.15, 0.2) is 5.82 Å². The molecule has 1 atom stereocenters. The Morgan fingerprint density at radius 1 is 1.07 bits per heavy atom. The maximum absolute atomic E-state index is 12.1. The van der Waals surface area contributed by atoms with Gasteiger partial charge in [-0.05, 0) is 31.5 Å². The highest BCUT2D eigenvalue weighted by atomic mass is 16.4. The summed E-state index contributed by atoms with van der Waals surface area (Å²) in [6.45, 7) is 3.88. The zero-order chi connectivity index (χ0) is 20.4. The van der Waals surface area contributed by atoms with Crippen LogP contribution in [0.5, 0.6) is 0 Å². The zero-order valence-corrected chi connectivity index (χ0v) is 16.5. The van der Waals surface area contributed by atoms with Crippen LogP contribution in [0.3, 0.4) is 0 Å². The fraction of sp³-hybridized carbons (Fsp3) is 0.208. The Balaban J connectivity index is 1.97. The number of carboxylic acids is 1. The number of rotatable bonds is 6. The number of hydrogen-bond donors (Lipinski definition) is 2. The van der Waals surface area contributed by atoms with Crippen LogP contribution >= 0.6 is 0 Å². The fourth-order valence-electron chi connectivity index (χ4n) is 3.82. The van der Waals surface area contributed by atoms with Crippen LogP contribution in [0.15, 0.2) is 60.8 Å². The third-order valence-electron chi connectivity index (χ3n) is 5.22. The number of carboxylic acid groups (broad SMARTS) is 1. The van der Waals surface area contributed by atoms with Crippen molar-refractivity contribution in [1.82, 2.24) is 15.0 Å². The van der Waals surface area contributed by atoms with Gasteiger partial charge in [-0.25, -0.2) is 9.97 Å². The highest BCUT2D eigenvalue weighted by molar-refractivity contribution is 5.87. The van der Waals surface area contributed by atoms with E-state index in [2.05, 4.69) is 16.0 Å². The summed E-state index contributed by atoms with van der Waals surface area (Å²) < 4.78 is 0. The average molecular weight is 385 g/mol. The fourth-order valence-corrected chi connectivity index (χ4v) is 3.82. The molecule has 5 nitrogen and oxygen atoms in total. The van der Waals surface area contributed by atoms with Gasteiger partial charge in [-0.1, -0.05) is 49.7 Å². The van der Waals surface area contributed by atoms with Crippen LogP contribution in [-0.2, 0) is 4.79 Å². The number of hydrogen-bond acceptors (Lipinski definition) is 3. The highest BCUT2D eigenvalue weighted by Gasteiger charge is 2.27. The summed E-state index contributed by atoms with van der Waals surface area (Å²) in [6, 6.07) is 17.8. The molecule has 0 saturated carbocycles. The van der Waals surface area contributed by atoms with Crippen LogP contribution in [0.4, 0.5) is 0 Å². The zero-order valence-electron chi connectivity index (χ0n) is 16.5. The number of fused-ring (bicyclic) bond motifs is 1. The van der Waals surface area contributed by atoms with Crippen LogP contribution in [0.1, 0.15) is 36.9 Å². The van der Waals surface area contributed by atoms with Crippen molar-refractivity contribution < 1.29 is 9.90 Å². The minimum Gasteiger partial charge on any atom is -0.481 e. The van der Waals surface area contributed by atoms with Crippen molar-refractivity contribution in [1.29, 1.82) is 0 Å². The van der Waals surface area contributed by atoms with Gasteiger partial charge < -0.3 is 10.1 Å². The molecule has 0 fully saturated rings. The van der Waals surface area contributed by atoms with Crippen molar-refractivity contribution >= 4 is 16.9 Å². The molecule has 0 bridgehead atoms. The molecule has 0 spiro atoms. The number of carbonyl (C=O) groups is 1. The second kappa shape index (κ2) is 7.87. The standard InChI is InChI=1S/C24H23N3O2/c1-3-7-19(24(28)29)21-15(2)26-23(16-8-5-4-6-9-16)27-22(21)18-10-11-20-17(14-18)12-13-25-20/h4-6,8-14,19,25H,3,7H2,1-2H3,(H,28,29). The molecule has 2 aromatic heterocycles. The lowest BCUT2D eigenvalue weighted by molar-refractivity contribution is -0.139. The van der Waals surface area contributed by atoms with Crippen LogP contribution in [0.2, 0.25) is 0 Å². The lowest BCUT2D eigenvalue weighted by Gasteiger charge is -2.19. The minimum atomic E-state index is -0.838. The molecule has 0 aliphatic heterocycles. The van der Waals surface area contributed by atoms with Gasteiger partial charge >= 0.3 is 5.97 Å². The molecule has 29 heavy (non-hydrogen) atoms. The van der Waals surface area contributed by atoms with Gasteiger partial charge in [-0.15, -0.1) is 0 Å². The number of nitrogens with zero attached hydrogens (tertiary/aromatic N) is 2. The summed E-state index contributed by atoms with van der Waals surface area (Å²) in [5.41, 5.74) is 4.96. The maximum atomic E-state index is 12.1. The summed E-state index contributed by atoms with van der Waals surface area (Å²) in [4.78, 5) is 24.8. The maximum Gasteiger partial charge on any atom is 0.311 e. The Bertz CT molecular complexity index is 1170. The molecule has 2 aromatic carbocycles. The molecule has 1 unspecified atom stereocenters. The smallest absolute Gasteiger partial charge is 0.311 e. The van der Waals surface area contributed by atoms with Crippen molar-refractivity contribution in [3.63, 3.8) is 0 Å². The van der Waals surface area contributed by atoms with Gasteiger partial charge in [0.05, 0.1) is 11.6 Å². The van der Waals surface area contributed by atoms with Gasteiger partial charge in [0.25, 0.3) is 0 Å². The van der Waals surface area contributed by atoms with Crippen molar-refractivity contribution in [2.75, 3.05) is 0 Å². The monoisotopic (exact) mass is 385 g/mol. The Labute approximate surface area is 169 Å². The van der Waals surface area contributed by atoms with Gasteiger partial charge in [0, 0.05) is 39.5 Å². The first-order valence-corrected chi connectivity index (χ1v) is 9.82. The van der Waals surface area contributed by atoms with Gasteiger partial charge in [-0.2, -0.15) is 0 Å². The molecule has 5 heteroatoms. The lowest BCUT2D eigenvalue weighted by atomic mass is 9.89. The SMILES string of the molecule is CCCC(C(=O)O)c1c(C)nc(-c2ccccc2)nc1-c1ccc2[nH]ccc2c1. The molecule has 4 aromatic rings. The van der Waals surface area contributed by atoms with Crippen LogP contribution in [0.25, 0.3) is 33.5 Å². The second-order valence-electron chi connectivity index (χ2n) is 7.22. The molecule has 2 N–H and O–H groups in total. The minimum absolute atomic E-state index is 0.545. The van der Waals surface area contributed by atoms with Crippen molar-refractivity contribution in [2.45, 2.75) is 32.6 Å². The second-order valence-corrected chi connectivity index (χ2v) is 7.22. The molecule has 0 amide bonds. The lowest BCUT2D eigenvalue weighted by Crippen LogP contribution is -2.16. The quantitative estimate of drug-likeness (QED) is 0.455. The van der Waals surface area contributed by atoms with Gasteiger partial charge in [0.2, 0.25) is 0 Å². The number of nitrogens with one attached hydrogen (secondary N) is 1. The van der Waals surface area contributed by atoms with E-state index in [1.165, 1.54) is 0 Å². The van der Waals surface area contributed by atoms with E-state index in [9.17, 15) is 9.90 Å². The molecular formula is C24H23N3O2. The van der Waals surface area contributed by atoms with Crippen molar-refractivity contribution in [2.24, 2.45) is 0 Å². The molecule has 0 radical (unpaired) electrons. The molecule has 0 aliphatic rings. The number of aryl methyl sites for hydroxylation is 1. The molecule has 2 heterocycles. The third-order valence-corrected chi connectivity index (χ3v) is 5.22. The number of aromatic nitrogens is 3. The number of aromatic amines is 1. The first-order valence-electron chi connectivity index (χ1n) is 9.82. The van der Waals surface area contributed by atoms with Crippen LogP contribution < -0.4 is 0 Å². The van der Waals surface area contributed by atoms with Crippen molar-refractivity contribution in [3.05, 3.63) is 72.1 Å². The normalized spacial score (nSPS) is 12.2. The predicted octanol–water partition coefficient (Wildman–Crippen LogP) is 5.57. The van der Waals surface area contributed by atoms with E-state index < -0.39 is 11.9 Å². The van der Waals surface area contributed by atoms with Gasteiger partial charge in [-0.3, -0.25) is 4.79 Å². The van der Waals surface area contributed by atoms with E-state index in [1.807, 2.05) is 68.6 Å². The molecule has 0 aliphatic carbocycles. The van der Waals surface area contributed by atoms with E-state index >= 15 is 0 Å². The summed E-state index contributed by atoms with van der Waals surface area (Å²) in [5, 5.41) is 11.0. The van der Waals surface area contributed by atoms with E-state index in [0.717, 1.165) is 28.5 Å². The summed E-state index contributed by atoms with van der Waals surface area (Å²) >= 11 is 0. The first kappa shape index (κ1) is 18.9. The van der Waals surface area contributed by atoms with Crippen molar-refractivity contribution in [3.8, 4) is 22.6 Å². The first-order chi connectivity index (χ1) is 14.1. The largest absolute Gasteiger partial charge is 0.481 e. The van der Waals surface area contributed by atoms with E-state index in [-0.39, 0.29) is 0 Å². The molecule has 0 saturated heterocycles. The number of benzene rings is 2. The Kier molecular flexibility index (Phi) is 5.12. The Hall–Kier alpha value is -3.47. The highest BCUT2D eigenvalue weighted by Crippen LogP contribution is 2.35. The molecular weight excluding hydrogens is 362 g/mol. The summed E-state index contributed by atoms with van der Waals surface area (Å²) in [6.07, 6.45) is 3.21. The molecule has 146 valence electrons. The number of H-pyrrole nitrogens is 1. The Morgan fingerprint density at radius 2 is 1.86 bits per heavy atom. The molecule has 4 rings (SSSR count). The van der Waals surface area contributed by atoms with Crippen LogP contribution in [0, 0.1) is 6.92 Å². The summed E-state index contributed by atoms with van der Waals surface area (Å²) in [5.74, 6) is -0.867. The predicted molar refractivity (Wildman–Crippen MR) is 115 cm³/mol. The summed E-state index contributed by atoms with van der Waals surface area (Å²) in [7, 11) is 0.